The molecule has 1 rings (SSSR count). The molecule has 0 heteroatoms. The fraction of sp³-hybridized carbons (Fsp3) is 0.429. The van der Waals surface area contributed by atoms with E-state index in [0.717, 1.165) is 6.42 Å². The smallest absolute Gasteiger partial charge is 0.0313 e. The van der Waals surface area contributed by atoms with Crippen molar-refractivity contribution in [3.05, 3.63) is 48.6 Å². The zero-order valence-electron chi connectivity index (χ0n) is 8.86. The van der Waals surface area contributed by atoms with Gasteiger partial charge in [0.1, 0.15) is 0 Å². The number of hydrogen-bond donors (Lipinski definition) is 0. The lowest BCUT2D eigenvalue weighted by atomic mass is 10.1. The van der Waals surface area contributed by atoms with Crippen molar-refractivity contribution in [1.82, 2.24) is 0 Å². The van der Waals surface area contributed by atoms with Crippen LogP contribution in [-0.2, 0) is 0 Å². The maximum atomic E-state index is 2.32. The summed E-state index contributed by atoms with van der Waals surface area (Å²) in [4.78, 5) is 0. The molecule has 0 unspecified atom stereocenters. The van der Waals surface area contributed by atoms with Gasteiger partial charge in [0.25, 0.3) is 0 Å². The maximum Gasteiger partial charge on any atom is -0.0313 e. The summed E-state index contributed by atoms with van der Waals surface area (Å²) in [6, 6.07) is 0. The molecule has 0 N–H and O–H groups in total. The Kier molecular flexibility index (Phi) is 6.74. The average Bonchev–Trinajstić information content (AvgIpc) is 2.22. The highest BCUT2D eigenvalue weighted by atomic mass is 13.9. The quantitative estimate of drug-likeness (QED) is 0.489. The van der Waals surface area contributed by atoms with Gasteiger partial charge in [0.15, 0.2) is 0 Å². The minimum Gasteiger partial charge on any atom is -0.0885 e. The lowest BCUT2D eigenvalue weighted by Gasteiger charge is -1.93. The molecule has 0 radical (unpaired) electrons. The largest absolute Gasteiger partial charge is 0.0885 e. The highest BCUT2D eigenvalue weighted by molar-refractivity contribution is 5.11. The summed E-state index contributed by atoms with van der Waals surface area (Å²) in [5, 5.41) is 0. The number of rotatable bonds is 0. The zero-order valence-corrected chi connectivity index (χ0v) is 8.86. The zero-order chi connectivity index (χ0) is 9.90. The van der Waals surface area contributed by atoms with Crippen molar-refractivity contribution in [1.29, 1.82) is 0 Å². The molecule has 0 amide bonds. The van der Waals surface area contributed by atoms with Crippen molar-refractivity contribution >= 4 is 0 Å². The molecule has 14 heavy (non-hydrogen) atoms. The lowest BCUT2D eigenvalue weighted by molar-refractivity contribution is 0.760. The van der Waals surface area contributed by atoms with Crippen molar-refractivity contribution in [3.63, 3.8) is 0 Å². The molecule has 0 fully saturated rings. The van der Waals surface area contributed by atoms with Crippen LogP contribution < -0.4 is 0 Å². The molecule has 0 aromatic carbocycles. The summed E-state index contributed by atoms with van der Waals surface area (Å²) in [5.74, 6) is 0. The van der Waals surface area contributed by atoms with Gasteiger partial charge < -0.3 is 0 Å². The van der Waals surface area contributed by atoms with E-state index in [1.807, 2.05) is 0 Å². The van der Waals surface area contributed by atoms with Crippen molar-refractivity contribution < 1.29 is 0 Å². The van der Waals surface area contributed by atoms with E-state index >= 15 is 0 Å². The van der Waals surface area contributed by atoms with Gasteiger partial charge in [-0.05, 0) is 38.5 Å². The maximum absolute atomic E-state index is 2.32. The normalized spacial score (nSPS) is 28.6. The second kappa shape index (κ2) is 8.55. The van der Waals surface area contributed by atoms with Crippen LogP contribution in [0.3, 0.4) is 0 Å². The van der Waals surface area contributed by atoms with Crippen molar-refractivity contribution in [3.8, 4) is 0 Å². The number of allylic oxidation sites excluding steroid dienone is 8. The first-order valence-electron chi connectivity index (χ1n) is 5.63. The Morgan fingerprint density at radius 1 is 0.429 bits per heavy atom. The Bertz CT molecular complexity index is 228. The Labute approximate surface area is 87.7 Å². The second-order valence-electron chi connectivity index (χ2n) is 3.57. The van der Waals surface area contributed by atoms with E-state index in [2.05, 4.69) is 48.6 Å². The van der Waals surface area contributed by atoms with Crippen molar-refractivity contribution in [2.45, 2.75) is 38.5 Å². The Morgan fingerprint density at radius 2 is 0.929 bits per heavy atom. The molecule has 0 aromatic heterocycles. The molecule has 0 nitrogen and oxygen atoms in total. The molecular formula is C14H20. The van der Waals surface area contributed by atoms with E-state index in [0.29, 0.717) is 0 Å². The Hall–Kier alpha value is -1.04. The monoisotopic (exact) mass is 188 g/mol. The lowest BCUT2D eigenvalue weighted by Crippen LogP contribution is -1.73. The summed E-state index contributed by atoms with van der Waals surface area (Å²) in [6.45, 7) is 0. The van der Waals surface area contributed by atoms with E-state index in [-0.39, 0.29) is 0 Å². The molecular weight excluding hydrogens is 168 g/mol. The van der Waals surface area contributed by atoms with Crippen LogP contribution in [0.1, 0.15) is 38.5 Å². The minimum atomic E-state index is 1.16. The molecule has 0 bridgehead atoms. The van der Waals surface area contributed by atoms with Gasteiger partial charge in [-0.15, -0.1) is 0 Å². The van der Waals surface area contributed by atoms with Crippen LogP contribution in [0.25, 0.3) is 0 Å². The van der Waals surface area contributed by atoms with Gasteiger partial charge >= 0.3 is 0 Å². The first kappa shape index (κ1) is 11.0. The highest BCUT2D eigenvalue weighted by Crippen LogP contribution is 2.03. The fourth-order valence-corrected chi connectivity index (χ4v) is 1.43. The van der Waals surface area contributed by atoms with E-state index in [1.165, 1.54) is 32.1 Å². The SMILES string of the molecule is C1=C\CC/C=C/CCCC\C=C/C=C/1. The van der Waals surface area contributed by atoms with Crippen LogP contribution in [0.4, 0.5) is 0 Å². The first-order valence-corrected chi connectivity index (χ1v) is 5.63. The van der Waals surface area contributed by atoms with Gasteiger partial charge in [-0.1, -0.05) is 48.6 Å². The van der Waals surface area contributed by atoms with Crippen LogP contribution in [0, 0.1) is 0 Å². The summed E-state index contributed by atoms with van der Waals surface area (Å²) < 4.78 is 0. The van der Waals surface area contributed by atoms with Gasteiger partial charge in [0.2, 0.25) is 0 Å². The summed E-state index contributed by atoms with van der Waals surface area (Å²) in [7, 11) is 0. The van der Waals surface area contributed by atoms with Crippen LogP contribution in [0.5, 0.6) is 0 Å². The molecule has 0 heterocycles. The topological polar surface area (TPSA) is 0 Å². The average molecular weight is 188 g/mol. The number of hydrogen-bond acceptors (Lipinski definition) is 0. The van der Waals surface area contributed by atoms with Gasteiger partial charge in [-0.25, -0.2) is 0 Å². The first-order chi connectivity index (χ1) is 7.00. The molecule has 0 atom stereocenters. The van der Waals surface area contributed by atoms with E-state index in [4.69, 9.17) is 0 Å². The van der Waals surface area contributed by atoms with Gasteiger partial charge in [0.05, 0.1) is 0 Å². The van der Waals surface area contributed by atoms with Crippen LogP contribution in [-0.4, -0.2) is 0 Å². The van der Waals surface area contributed by atoms with Gasteiger partial charge in [-0.3, -0.25) is 0 Å². The molecule has 0 saturated carbocycles. The molecule has 0 spiro atoms. The third kappa shape index (κ3) is 6.47. The predicted octanol–water partition coefficient (Wildman–Crippen LogP) is 4.57. The second-order valence-corrected chi connectivity index (χ2v) is 3.57. The van der Waals surface area contributed by atoms with Gasteiger partial charge in [0, 0.05) is 0 Å². The Balaban J connectivity index is 2.35. The molecule has 0 aliphatic heterocycles. The fourth-order valence-electron chi connectivity index (χ4n) is 1.43. The third-order valence-electron chi connectivity index (χ3n) is 2.26. The van der Waals surface area contributed by atoms with Crippen LogP contribution >= 0.6 is 0 Å². The van der Waals surface area contributed by atoms with Crippen molar-refractivity contribution in [2.75, 3.05) is 0 Å². The predicted molar refractivity (Wildman–Crippen MR) is 64.3 cm³/mol. The highest BCUT2D eigenvalue weighted by Gasteiger charge is 1.83. The third-order valence-corrected chi connectivity index (χ3v) is 2.26. The molecule has 0 saturated heterocycles. The molecule has 0 aromatic rings. The van der Waals surface area contributed by atoms with E-state index in [9.17, 15) is 0 Å². The molecule has 76 valence electrons. The summed E-state index contributed by atoms with van der Waals surface area (Å²) in [5.41, 5.74) is 0. The summed E-state index contributed by atoms with van der Waals surface area (Å²) >= 11 is 0. The van der Waals surface area contributed by atoms with Crippen LogP contribution in [0.15, 0.2) is 48.6 Å². The van der Waals surface area contributed by atoms with E-state index < -0.39 is 0 Å². The standard InChI is InChI=1S/C14H20/c1-2-4-6-8-10-12-14-13-11-9-7-5-3-1/h1-6,11,13H,7-10,12,14H2/b2-1+,5-3-,6-4-,13-11+. The van der Waals surface area contributed by atoms with Crippen molar-refractivity contribution in [2.24, 2.45) is 0 Å². The Morgan fingerprint density at radius 3 is 1.71 bits per heavy atom. The minimum absolute atomic E-state index is 1.16. The summed E-state index contributed by atoms with van der Waals surface area (Å²) in [6.07, 6.45) is 25.0. The van der Waals surface area contributed by atoms with Gasteiger partial charge in [-0.2, -0.15) is 0 Å². The van der Waals surface area contributed by atoms with E-state index in [1.54, 1.807) is 0 Å². The molecule has 1 aliphatic rings. The van der Waals surface area contributed by atoms with Crippen LogP contribution in [0.2, 0.25) is 0 Å². The molecule has 1 aliphatic carbocycles.